The number of nitrogens with zero attached hydrogens (tertiary/aromatic N) is 3. The molecule has 3 nitrogen and oxygen atoms in total. The predicted octanol–water partition coefficient (Wildman–Crippen LogP) is 7.33. The monoisotopic (exact) mass is 434 g/mol. The van der Waals surface area contributed by atoms with Crippen molar-refractivity contribution in [1.82, 2.24) is 0 Å². The number of pyridine rings is 1. The molecule has 0 amide bonds. The van der Waals surface area contributed by atoms with Crippen molar-refractivity contribution >= 4 is 33.2 Å². The Labute approximate surface area is 196 Å². The van der Waals surface area contributed by atoms with Crippen LogP contribution in [0.4, 0.5) is 11.4 Å². The second-order valence-corrected chi connectivity index (χ2v) is 9.72. The maximum atomic E-state index is 2.56. The molecule has 0 saturated carbocycles. The molecule has 1 aromatic heterocycles. The summed E-state index contributed by atoms with van der Waals surface area (Å²) < 4.78 is 2.56. The molecule has 3 heteroatoms. The first-order chi connectivity index (χ1) is 15.5. The van der Waals surface area contributed by atoms with Crippen LogP contribution in [0.1, 0.15) is 71.1 Å². The van der Waals surface area contributed by atoms with Crippen molar-refractivity contribution in [3.05, 3.63) is 42.5 Å². The highest BCUT2D eigenvalue weighted by molar-refractivity contribution is 5.97. The third kappa shape index (κ3) is 6.15. The van der Waals surface area contributed by atoms with Crippen LogP contribution in [0.25, 0.3) is 21.8 Å². The normalized spacial score (nSPS) is 11.4. The van der Waals surface area contributed by atoms with Crippen molar-refractivity contribution in [1.29, 1.82) is 0 Å². The molecule has 0 spiro atoms. The molecule has 0 aliphatic heterocycles. The zero-order chi connectivity index (χ0) is 22.9. The van der Waals surface area contributed by atoms with Gasteiger partial charge in [0.2, 0.25) is 11.0 Å². The van der Waals surface area contributed by atoms with Gasteiger partial charge < -0.3 is 9.80 Å². The number of hydrogen-bond donors (Lipinski definition) is 0. The van der Waals surface area contributed by atoms with Crippen molar-refractivity contribution in [2.24, 2.45) is 0 Å². The highest BCUT2D eigenvalue weighted by Gasteiger charge is 2.18. The van der Waals surface area contributed by atoms with E-state index in [2.05, 4.69) is 91.9 Å². The molecule has 1 heterocycles. The Morgan fingerprint density at radius 2 is 1.31 bits per heavy atom. The molecule has 0 atom stereocenters. The van der Waals surface area contributed by atoms with Gasteiger partial charge in [-0.05, 0) is 30.7 Å². The topological polar surface area (TPSA) is 10.4 Å². The number of aromatic nitrogens is 1. The summed E-state index contributed by atoms with van der Waals surface area (Å²) in [4.78, 5) is 4.42. The van der Waals surface area contributed by atoms with Gasteiger partial charge in [0.05, 0.1) is 11.1 Å². The van der Waals surface area contributed by atoms with Crippen LogP contribution in [0.2, 0.25) is 0 Å². The van der Waals surface area contributed by atoms with Crippen LogP contribution in [-0.2, 0) is 6.54 Å². The molecule has 0 aliphatic rings. The average molecular weight is 435 g/mol. The van der Waals surface area contributed by atoms with E-state index < -0.39 is 0 Å². The first kappa shape index (κ1) is 24.4. The summed E-state index contributed by atoms with van der Waals surface area (Å²) in [7, 11) is 8.51. The molecular formula is C29H44N3+. The van der Waals surface area contributed by atoms with Crippen LogP contribution in [0.15, 0.2) is 42.5 Å². The Kier molecular flexibility index (Phi) is 9.20. The standard InChI is InChI=1S/C29H44N3/c1-6-7-8-9-10-11-12-13-14-15-21-32-27-20-19-25(30(2)3)22-24(27)23-26-28(31(4)5)17-16-18-29(26)32/h16-20,22-23H,6-15,21H2,1-5H3/q+1. The van der Waals surface area contributed by atoms with Gasteiger partial charge in [-0.1, -0.05) is 64.4 Å². The molecule has 3 rings (SSSR count). The van der Waals surface area contributed by atoms with Crippen LogP contribution in [-0.4, -0.2) is 28.2 Å². The summed E-state index contributed by atoms with van der Waals surface area (Å²) in [5, 5.41) is 2.66. The Hall–Kier alpha value is -2.29. The third-order valence-corrected chi connectivity index (χ3v) is 6.69. The van der Waals surface area contributed by atoms with Crippen LogP contribution in [0.5, 0.6) is 0 Å². The van der Waals surface area contributed by atoms with E-state index in [0.717, 1.165) is 6.54 Å². The first-order valence-corrected chi connectivity index (χ1v) is 12.8. The molecule has 0 saturated heterocycles. The van der Waals surface area contributed by atoms with Gasteiger partial charge in [-0.3, -0.25) is 0 Å². The lowest BCUT2D eigenvalue weighted by Crippen LogP contribution is -2.36. The fourth-order valence-corrected chi connectivity index (χ4v) is 4.78. The Morgan fingerprint density at radius 3 is 1.94 bits per heavy atom. The fourth-order valence-electron chi connectivity index (χ4n) is 4.78. The van der Waals surface area contributed by atoms with Crippen LogP contribution in [0.3, 0.4) is 0 Å². The molecule has 0 radical (unpaired) electrons. The Bertz CT molecular complexity index is 991. The SMILES string of the molecule is CCCCCCCCCCCC[n+]1c2ccc(N(C)C)cc2cc2c(N(C)C)cccc21. The average Bonchev–Trinajstić information content (AvgIpc) is 2.78. The third-order valence-electron chi connectivity index (χ3n) is 6.69. The predicted molar refractivity (Wildman–Crippen MR) is 142 cm³/mol. The summed E-state index contributed by atoms with van der Waals surface area (Å²) in [5.74, 6) is 0. The molecule has 0 aliphatic carbocycles. The van der Waals surface area contributed by atoms with Crippen molar-refractivity contribution < 1.29 is 4.57 Å². The number of aryl methyl sites for hydroxylation is 1. The second-order valence-electron chi connectivity index (χ2n) is 9.72. The van der Waals surface area contributed by atoms with Gasteiger partial charge in [0.15, 0.2) is 0 Å². The minimum absolute atomic E-state index is 1.09. The Morgan fingerprint density at radius 1 is 0.656 bits per heavy atom. The molecule has 0 fully saturated rings. The van der Waals surface area contributed by atoms with Crippen molar-refractivity contribution in [3.63, 3.8) is 0 Å². The van der Waals surface area contributed by atoms with Gasteiger partial charge in [0, 0.05) is 57.8 Å². The Balaban J connectivity index is 1.74. The van der Waals surface area contributed by atoms with E-state index in [1.54, 1.807) is 0 Å². The summed E-state index contributed by atoms with van der Waals surface area (Å²) >= 11 is 0. The van der Waals surface area contributed by atoms with E-state index in [0.29, 0.717) is 0 Å². The summed E-state index contributed by atoms with van der Waals surface area (Å²) in [6, 6.07) is 16.0. The highest BCUT2D eigenvalue weighted by Crippen LogP contribution is 2.29. The lowest BCUT2D eigenvalue weighted by molar-refractivity contribution is -0.645. The molecule has 0 N–H and O–H groups in total. The van der Waals surface area contributed by atoms with Crippen LogP contribution < -0.4 is 14.4 Å². The second kappa shape index (κ2) is 12.1. The summed E-state index contributed by atoms with van der Waals surface area (Å²) in [6.07, 6.45) is 13.8. The first-order valence-electron chi connectivity index (χ1n) is 12.8. The van der Waals surface area contributed by atoms with E-state index in [1.807, 2.05) is 0 Å². The zero-order valence-electron chi connectivity index (χ0n) is 21.2. The highest BCUT2D eigenvalue weighted by atomic mass is 15.1. The van der Waals surface area contributed by atoms with Crippen molar-refractivity contribution in [3.8, 4) is 0 Å². The van der Waals surface area contributed by atoms with E-state index in [4.69, 9.17) is 0 Å². The molecule has 174 valence electrons. The number of anilines is 2. The molecule has 2 aromatic carbocycles. The molecular weight excluding hydrogens is 390 g/mol. The lowest BCUT2D eigenvalue weighted by atomic mass is 10.1. The van der Waals surface area contributed by atoms with E-state index in [1.165, 1.54) is 97.4 Å². The lowest BCUT2D eigenvalue weighted by Gasteiger charge is -2.17. The fraction of sp³-hybridized carbons (Fsp3) is 0.552. The molecule has 0 bridgehead atoms. The van der Waals surface area contributed by atoms with Gasteiger partial charge in [0.25, 0.3) is 0 Å². The minimum Gasteiger partial charge on any atom is -0.378 e. The minimum atomic E-state index is 1.09. The van der Waals surface area contributed by atoms with E-state index in [-0.39, 0.29) is 0 Å². The number of rotatable bonds is 13. The van der Waals surface area contributed by atoms with E-state index >= 15 is 0 Å². The maximum Gasteiger partial charge on any atom is 0.215 e. The van der Waals surface area contributed by atoms with Gasteiger partial charge in [-0.25, -0.2) is 0 Å². The van der Waals surface area contributed by atoms with Crippen LogP contribution in [0, 0.1) is 0 Å². The van der Waals surface area contributed by atoms with Crippen molar-refractivity contribution in [2.45, 2.75) is 77.7 Å². The molecule has 0 unspecified atom stereocenters. The van der Waals surface area contributed by atoms with Gasteiger partial charge in [-0.15, -0.1) is 0 Å². The molecule has 3 aromatic rings. The largest absolute Gasteiger partial charge is 0.378 e. The van der Waals surface area contributed by atoms with Crippen LogP contribution >= 0.6 is 0 Å². The quantitative estimate of drug-likeness (QED) is 0.158. The number of fused-ring (bicyclic) bond motifs is 2. The maximum absolute atomic E-state index is 2.56. The zero-order valence-corrected chi connectivity index (χ0v) is 21.2. The van der Waals surface area contributed by atoms with Crippen molar-refractivity contribution in [2.75, 3.05) is 38.0 Å². The van der Waals surface area contributed by atoms with Gasteiger partial charge in [0.1, 0.15) is 6.54 Å². The smallest absolute Gasteiger partial charge is 0.215 e. The van der Waals surface area contributed by atoms with E-state index in [9.17, 15) is 0 Å². The van der Waals surface area contributed by atoms with Gasteiger partial charge in [-0.2, -0.15) is 4.57 Å². The number of benzene rings is 2. The summed E-state index contributed by atoms with van der Waals surface area (Å²) in [5.41, 5.74) is 5.23. The molecule has 32 heavy (non-hydrogen) atoms. The number of unbranched alkanes of at least 4 members (excludes halogenated alkanes) is 9. The van der Waals surface area contributed by atoms with Gasteiger partial charge >= 0.3 is 0 Å². The summed E-state index contributed by atoms with van der Waals surface area (Å²) in [6.45, 7) is 3.38. The number of hydrogen-bond acceptors (Lipinski definition) is 2.